The van der Waals surface area contributed by atoms with Crippen LogP contribution < -0.4 is 4.74 Å². The predicted molar refractivity (Wildman–Crippen MR) is 56.7 cm³/mol. The second-order valence-electron chi connectivity index (χ2n) is 3.71. The van der Waals surface area contributed by atoms with Crippen molar-refractivity contribution < 1.29 is 27.8 Å². The molecule has 18 heavy (non-hydrogen) atoms. The van der Waals surface area contributed by atoms with Crippen LogP contribution in [0.2, 0.25) is 0 Å². The van der Waals surface area contributed by atoms with Crippen LogP contribution >= 0.6 is 0 Å². The molecule has 0 amide bonds. The third-order valence-electron chi connectivity index (χ3n) is 2.03. The van der Waals surface area contributed by atoms with Crippen molar-refractivity contribution in [1.82, 2.24) is 4.98 Å². The first-order chi connectivity index (χ1) is 8.28. The highest BCUT2D eigenvalue weighted by atomic mass is 19.4. The summed E-state index contributed by atoms with van der Waals surface area (Å²) >= 11 is 0. The van der Waals surface area contributed by atoms with Gasteiger partial charge in [-0.05, 0) is 19.4 Å². The number of hydrogen-bond acceptors (Lipinski definition) is 3. The summed E-state index contributed by atoms with van der Waals surface area (Å²) in [6.07, 6.45) is -5.35. The molecule has 0 aromatic carbocycles. The lowest BCUT2D eigenvalue weighted by Gasteiger charge is -2.08. The molecule has 0 aliphatic heterocycles. The SMILES string of the molecule is Cc1cc(C(=O)O)cc(OCCCC(F)(F)F)n1. The Morgan fingerprint density at radius 2 is 2.11 bits per heavy atom. The molecule has 1 rings (SSSR count). The summed E-state index contributed by atoms with van der Waals surface area (Å²) in [7, 11) is 0. The van der Waals surface area contributed by atoms with Gasteiger partial charge in [0.1, 0.15) is 0 Å². The first kappa shape index (κ1) is 14.3. The Morgan fingerprint density at radius 1 is 1.44 bits per heavy atom. The smallest absolute Gasteiger partial charge is 0.389 e. The van der Waals surface area contributed by atoms with E-state index in [0.717, 1.165) is 0 Å². The van der Waals surface area contributed by atoms with Gasteiger partial charge in [-0.1, -0.05) is 0 Å². The molecule has 0 fully saturated rings. The molecule has 0 aliphatic rings. The van der Waals surface area contributed by atoms with Crippen LogP contribution in [0.15, 0.2) is 12.1 Å². The molecule has 1 N–H and O–H groups in total. The van der Waals surface area contributed by atoms with E-state index in [9.17, 15) is 18.0 Å². The fourth-order valence-corrected chi connectivity index (χ4v) is 1.28. The van der Waals surface area contributed by atoms with Crippen LogP contribution in [0.4, 0.5) is 13.2 Å². The van der Waals surface area contributed by atoms with Crippen LogP contribution in [0.25, 0.3) is 0 Å². The zero-order chi connectivity index (χ0) is 13.8. The van der Waals surface area contributed by atoms with Crippen LogP contribution in [0.1, 0.15) is 28.9 Å². The van der Waals surface area contributed by atoms with Crippen LogP contribution in [0.3, 0.4) is 0 Å². The minimum atomic E-state index is -4.21. The molecule has 1 aromatic rings. The molecule has 0 saturated heterocycles. The topological polar surface area (TPSA) is 59.4 Å². The van der Waals surface area contributed by atoms with Crippen LogP contribution in [0, 0.1) is 6.92 Å². The molecule has 0 aliphatic carbocycles. The molecule has 0 radical (unpaired) electrons. The third kappa shape index (κ3) is 5.03. The van der Waals surface area contributed by atoms with Gasteiger partial charge in [-0.2, -0.15) is 13.2 Å². The molecule has 0 bridgehead atoms. The van der Waals surface area contributed by atoms with Gasteiger partial charge in [0, 0.05) is 18.2 Å². The fraction of sp³-hybridized carbons (Fsp3) is 0.455. The van der Waals surface area contributed by atoms with Crippen LogP contribution in [0.5, 0.6) is 5.88 Å². The Balaban J connectivity index is 2.55. The maximum Gasteiger partial charge on any atom is 0.389 e. The number of carboxylic acid groups (broad SMARTS) is 1. The Kier molecular flexibility index (Phi) is 4.52. The highest BCUT2D eigenvalue weighted by Gasteiger charge is 2.26. The van der Waals surface area contributed by atoms with E-state index in [2.05, 4.69) is 4.98 Å². The largest absolute Gasteiger partial charge is 0.478 e. The number of carbonyl (C=O) groups is 1. The zero-order valence-electron chi connectivity index (χ0n) is 9.62. The first-order valence-electron chi connectivity index (χ1n) is 5.19. The lowest BCUT2D eigenvalue weighted by molar-refractivity contribution is -0.136. The van der Waals surface area contributed by atoms with E-state index in [1.54, 1.807) is 6.92 Å². The lowest BCUT2D eigenvalue weighted by atomic mass is 10.2. The summed E-state index contributed by atoms with van der Waals surface area (Å²) < 4.78 is 40.6. The number of pyridine rings is 1. The third-order valence-corrected chi connectivity index (χ3v) is 2.03. The Bertz CT molecular complexity index is 432. The maximum atomic E-state index is 11.9. The molecule has 1 aromatic heterocycles. The van der Waals surface area contributed by atoms with Gasteiger partial charge in [0.05, 0.1) is 12.2 Å². The van der Waals surface area contributed by atoms with Crippen LogP contribution in [-0.4, -0.2) is 28.8 Å². The van der Waals surface area contributed by atoms with Crippen molar-refractivity contribution in [2.45, 2.75) is 25.9 Å². The van der Waals surface area contributed by atoms with Gasteiger partial charge in [-0.15, -0.1) is 0 Å². The number of aromatic carboxylic acids is 1. The van der Waals surface area contributed by atoms with E-state index in [1.165, 1.54) is 12.1 Å². The van der Waals surface area contributed by atoms with E-state index in [4.69, 9.17) is 9.84 Å². The number of aromatic nitrogens is 1. The molecule has 7 heteroatoms. The van der Waals surface area contributed by atoms with E-state index in [1.807, 2.05) is 0 Å². The van der Waals surface area contributed by atoms with Gasteiger partial charge in [-0.3, -0.25) is 0 Å². The number of nitrogens with zero attached hydrogens (tertiary/aromatic N) is 1. The van der Waals surface area contributed by atoms with Gasteiger partial charge < -0.3 is 9.84 Å². The van der Waals surface area contributed by atoms with E-state index in [0.29, 0.717) is 5.69 Å². The van der Waals surface area contributed by atoms with Crippen LogP contribution in [-0.2, 0) is 0 Å². The van der Waals surface area contributed by atoms with Gasteiger partial charge in [0.25, 0.3) is 0 Å². The number of alkyl halides is 3. The van der Waals surface area contributed by atoms with Crippen molar-refractivity contribution in [3.63, 3.8) is 0 Å². The number of aryl methyl sites for hydroxylation is 1. The molecular formula is C11H12F3NO3. The minimum absolute atomic E-state index is 0.00618. The molecule has 0 unspecified atom stereocenters. The van der Waals surface area contributed by atoms with Crippen molar-refractivity contribution in [3.8, 4) is 5.88 Å². The predicted octanol–water partition coefficient (Wildman–Crippen LogP) is 2.81. The van der Waals surface area contributed by atoms with Crippen molar-refractivity contribution in [1.29, 1.82) is 0 Å². The summed E-state index contributed by atoms with van der Waals surface area (Å²) in [6, 6.07) is 2.54. The molecule has 0 atom stereocenters. The second-order valence-corrected chi connectivity index (χ2v) is 3.71. The standard InChI is InChI=1S/C11H12F3NO3/c1-7-5-8(10(16)17)6-9(15-7)18-4-2-3-11(12,13)14/h5-6H,2-4H2,1H3,(H,16,17). The summed E-state index contributed by atoms with van der Waals surface area (Å²) in [4.78, 5) is 14.6. The Hall–Kier alpha value is -1.79. The van der Waals surface area contributed by atoms with E-state index >= 15 is 0 Å². The summed E-state index contributed by atoms with van der Waals surface area (Å²) in [5.74, 6) is -1.12. The molecule has 0 spiro atoms. The maximum absolute atomic E-state index is 11.9. The normalized spacial score (nSPS) is 11.3. The highest BCUT2D eigenvalue weighted by Crippen LogP contribution is 2.21. The minimum Gasteiger partial charge on any atom is -0.478 e. The van der Waals surface area contributed by atoms with Crippen molar-refractivity contribution in [3.05, 3.63) is 23.4 Å². The Morgan fingerprint density at radius 3 is 2.67 bits per heavy atom. The van der Waals surface area contributed by atoms with Gasteiger partial charge in [0.15, 0.2) is 0 Å². The summed E-state index contributed by atoms with van der Waals surface area (Å²) in [5, 5.41) is 8.78. The number of hydrogen-bond donors (Lipinski definition) is 1. The first-order valence-corrected chi connectivity index (χ1v) is 5.19. The number of carboxylic acids is 1. The number of halogens is 3. The van der Waals surface area contributed by atoms with Crippen molar-refractivity contribution in [2.75, 3.05) is 6.61 Å². The quantitative estimate of drug-likeness (QED) is 0.830. The van der Waals surface area contributed by atoms with Gasteiger partial charge in [-0.25, -0.2) is 9.78 Å². The summed E-state index contributed by atoms with van der Waals surface area (Å²) in [6.45, 7) is 1.42. The monoisotopic (exact) mass is 263 g/mol. The van der Waals surface area contributed by atoms with Crippen molar-refractivity contribution in [2.24, 2.45) is 0 Å². The summed E-state index contributed by atoms with van der Waals surface area (Å²) in [5.41, 5.74) is 0.425. The van der Waals surface area contributed by atoms with Gasteiger partial charge >= 0.3 is 12.1 Å². The van der Waals surface area contributed by atoms with Gasteiger partial charge in [0.2, 0.25) is 5.88 Å². The average molecular weight is 263 g/mol. The fourth-order valence-electron chi connectivity index (χ4n) is 1.28. The lowest BCUT2D eigenvalue weighted by Crippen LogP contribution is -2.10. The zero-order valence-corrected chi connectivity index (χ0v) is 9.62. The molecular weight excluding hydrogens is 251 g/mol. The molecule has 1 heterocycles. The van der Waals surface area contributed by atoms with Crippen molar-refractivity contribution >= 4 is 5.97 Å². The van der Waals surface area contributed by atoms with E-state index < -0.39 is 18.6 Å². The molecule has 4 nitrogen and oxygen atoms in total. The van der Waals surface area contributed by atoms with E-state index in [-0.39, 0.29) is 24.5 Å². The molecule has 0 saturated carbocycles. The molecule has 100 valence electrons. The second kappa shape index (κ2) is 5.70. The number of rotatable bonds is 5. The Labute approximate surface area is 101 Å². The average Bonchev–Trinajstić information content (AvgIpc) is 2.22. The number of ether oxygens (including phenoxy) is 1. The highest BCUT2D eigenvalue weighted by molar-refractivity contribution is 5.87.